The van der Waals surface area contributed by atoms with Gasteiger partial charge in [-0.05, 0) is 62.9 Å². The van der Waals surface area contributed by atoms with Crippen molar-refractivity contribution in [2.45, 2.75) is 44.7 Å². The number of imidazole rings is 1. The number of nitrogens with one attached hydrogen (secondary N) is 1. The van der Waals surface area contributed by atoms with Gasteiger partial charge in [-0.2, -0.15) is 9.78 Å². The zero-order valence-corrected chi connectivity index (χ0v) is 23.1. The summed E-state index contributed by atoms with van der Waals surface area (Å²) in [6, 6.07) is 9.61. The molecule has 0 radical (unpaired) electrons. The number of aromatic nitrogens is 4. The Morgan fingerprint density at radius 1 is 1.07 bits per heavy atom. The molecule has 2 aliphatic heterocycles. The van der Waals surface area contributed by atoms with E-state index in [4.69, 9.17) is 15.5 Å². The largest absolute Gasteiger partial charge is 0.381 e. The molecule has 4 aromatic rings. The minimum absolute atomic E-state index is 0.0101. The van der Waals surface area contributed by atoms with Crippen LogP contribution in [0.5, 0.6) is 0 Å². The maximum absolute atomic E-state index is 14.5. The molecule has 1 atom stereocenters. The van der Waals surface area contributed by atoms with Crippen molar-refractivity contribution in [1.82, 2.24) is 19.3 Å². The lowest BCUT2D eigenvalue weighted by atomic mass is 10.0. The van der Waals surface area contributed by atoms with Gasteiger partial charge in [0.2, 0.25) is 0 Å². The Morgan fingerprint density at radius 3 is 2.50 bits per heavy atom. The molecular formula is C30H31F2N7O3. The second-order valence-corrected chi connectivity index (χ2v) is 11.5. The minimum Gasteiger partial charge on any atom is -0.381 e. The smallest absolute Gasteiger partial charge is 0.276 e. The summed E-state index contributed by atoms with van der Waals surface area (Å²) >= 11 is 0. The van der Waals surface area contributed by atoms with Gasteiger partial charge in [-0.25, -0.2) is 13.8 Å². The third kappa shape index (κ3) is 4.36. The summed E-state index contributed by atoms with van der Waals surface area (Å²) in [6.45, 7) is 4.76. The predicted octanol–water partition coefficient (Wildman–Crippen LogP) is 3.70. The fourth-order valence-electron chi connectivity index (χ4n) is 6.51. The number of benzene rings is 2. The summed E-state index contributed by atoms with van der Waals surface area (Å²) < 4.78 is 37.3. The summed E-state index contributed by atoms with van der Waals surface area (Å²) in [4.78, 5) is 33.2. The highest BCUT2D eigenvalue weighted by Crippen LogP contribution is 2.54. The molecule has 1 spiro atoms. The van der Waals surface area contributed by atoms with E-state index >= 15 is 0 Å². The average molecular weight is 576 g/mol. The highest BCUT2D eigenvalue weighted by molar-refractivity contribution is 6.08. The van der Waals surface area contributed by atoms with Crippen molar-refractivity contribution in [2.24, 2.45) is 11.1 Å². The number of amides is 1. The van der Waals surface area contributed by atoms with Crippen LogP contribution in [0.3, 0.4) is 0 Å². The van der Waals surface area contributed by atoms with Crippen molar-refractivity contribution < 1.29 is 18.3 Å². The molecule has 3 aliphatic rings. The van der Waals surface area contributed by atoms with E-state index in [0.29, 0.717) is 30.1 Å². The highest BCUT2D eigenvalue weighted by atomic mass is 19.1. The van der Waals surface area contributed by atoms with Crippen LogP contribution in [-0.4, -0.2) is 57.6 Å². The molecule has 218 valence electrons. The maximum atomic E-state index is 14.5. The van der Waals surface area contributed by atoms with Crippen molar-refractivity contribution in [1.29, 1.82) is 0 Å². The Kier molecular flexibility index (Phi) is 6.35. The number of aryl methyl sites for hydroxylation is 1. The number of nitrogens with zero attached hydrogens (tertiary/aromatic N) is 5. The summed E-state index contributed by atoms with van der Waals surface area (Å²) in [6.07, 6.45) is 3.91. The predicted molar refractivity (Wildman–Crippen MR) is 153 cm³/mol. The normalized spacial score (nSPS) is 20.0. The zero-order chi connectivity index (χ0) is 29.2. The Bertz CT molecular complexity index is 1750. The number of hydrogen-bond acceptors (Lipinski definition) is 7. The van der Waals surface area contributed by atoms with E-state index in [1.165, 1.54) is 12.1 Å². The van der Waals surface area contributed by atoms with Crippen molar-refractivity contribution in [2.75, 3.05) is 36.5 Å². The van der Waals surface area contributed by atoms with Gasteiger partial charge in [0.15, 0.2) is 11.6 Å². The lowest BCUT2D eigenvalue weighted by Gasteiger charge is -2.26. The number of anilines is 2. The Morgan fingerprint density at radius 2 is 1.81 bits per heavy atom. The molecule has 7 rings (SSSR count). The van der Waals surface area contributed by atoms with E-state index in [1.807, 2.05) is 19.1 Å². The summed E-state index contributed by atoms with van der Waals surface area (Å²) in [5.41, 5.74) is 8.10. The van der Waals surface area contributed by atoms with Crippen LogP contribution in [-0.2, 0) is 4.74 Å². The number of para-hydroxylation sites is 1. The fourth-order valence-corrected chi connectivity index (χ4v) is 6.51. The van der Waals surface area contributed by atoms with Gasteiger partial charge in [0.05, 0.1) is 16.9 Å². The number of hydrogen-bond donors (Lipinski definition) is 2. The van der Waals surface area contributed by atoms with Crippen LogP contribution in [0.25, 0.3) is 16.7 Å². The van der Waals surface area contributed by atoms with Crippen LogP contribution in [0.4, 0.5) is 20.2 Å². The molecule has 4 heterocycles. The quantitative estimate of drug-likeness (QED) is 0.372. The monoisotopic (exact) mass is 575 g/mol. The Labute approximate surface area is 240 Å². The van der Waals surface area contributed by atoms with Crippen molar-refractivity contribution in [3.8, 4) is 5.69 Å². The molecule has 0 unspecified atom stereocenters. The molecule has 12 heteroatoms. The molecule has 2 saturated heterocycles. The van der Waals surface area contributed by atoms with Gasteiger partial charge in [-0.3, -0.25) is 9.59 Å². The molecule has 3 fully saturated rings. The molecule has 2 aromatic carbocycles. The first-order valence-electron chi connectivity index (χ1n) is 14.2. The number of carbonyl (C=O) groups is 1. The first kappa shape index (κ1) is 26.7. The Balaban J connectivity index is 1.30. The van der Waals surface area contributed by atoms with E-state index in [-0.39, 0.29) is 23.2 Å². The topological polar surface area (TPSA) is 120 Å². The van der Waals surface area contributed by atoms with E-state index in [1.54, 1.807) is 0 Å². The standard InChI is InChI=1S/C30H31F2N7O3/c1-17-34-26-23(38(17)18-9-13-42-14-10-18)7-5-21(28(26)37-15-24(33)30(16-37)11-12-30)35-29(41)22-6-8-25(40)39(36-22)27-19(31)3-2-4-20(27)32/h2-8,18,24H,9-16,33H2,1H3,(H,35,41)/t24-/m0/s1. The summed E-state index contributed by atoms with van der Waals surface area (Å²) in [7, 11) is 0. The first-order valence-corrected chi connectivity index (χ1v) is 14.2. The van der Waals surface area contributed by atoms with Crippen LogP contribution in [0.1, 0.15) is 48.0 Å². The van der Waals surface area contributed by atoms with Gasteiger partial charge < -0.3 is 25.3 Å². The van der Waals surface area contributed by atoms with E-state index < -0.39 is 28.8 Å². The fraction of sp³-hybridized carbons (Fsp3) is 0.400. The summed E-state index contributed by atoms with van der Waals surface area (Å²) in [5, 5.41) is 6.96. The van der Waals surface area contributed by atoms with Crippen LogP contribution in [0, 0.1) is 24.0 Å². The lowest BCUT2D eigenvalue weighted by Crippen LogP contribution is -2.30. The average Bonchev–Trinajstić information content (AvgIpc) is 3.58. The zero-order valence-electron chi connectivity index (χ0n) is 23.1. The lowest BCUT2D eigenvalue weighted by molar-refractivity contribution is 0.0701. The van der Waals surface area contributed by atoms with E-state index in [2.05, 4.69) is 19.9 Å². The van der Waals surface area contributed by atoms with Gasteiger partial charge in [0.25, 0.3) is 11.5 Å². The second-order valence-electron chi connectivity index (χ2n) is 11.5. The van der Waals surface area contributed by atoms with Gasteiger partial charge in [-0.1, -0.05) is 6.07 Å². The first-order chi connectivity index (χ1) is 20.3. The van der Waals surface area contributed by atoms with E-state index in [9.17, 15) is 18.4 Å². The second kappa shape index (κ2) is 9.99. The van der Waals surface area contributed by atoms with Crippen LogP contribution >= 0.6 is 0 Å². The molecule has 3 N–H and O–H groups in total. The van der Waals surface area contributed by atoms with Gasteiger partial charge in [-0.15, -0.1) is 0 Å². The van der Waals surface area contributed by atoms with Gasteiger partial charge in [0.1, 0.15) is 22.7 Å². The minimum atomic E-state index is -0.968. The van der Waals surface area contributed by atoms with Crippen molar-refractivity contribution in [3.63, 3.8) is 0 Å². The third-order valence-electron chi connectivity index (χ3n) is 8.92. The highest BCUT2D eigenvalue weighted by Gasteiger charge is 2.54. The number of rotatable bonds is 5. The summed E-state index contributed by atoms with van der Waals surface area (Å²) in [5.74, 6) is -1.69. The molecule has 1 saturated carbocycles. The molecule has 2 aromatic heterocycles. The molecule has 0 bridgehead atoms. The number of halogens is 2. The van der Waals surface area contributed by atoms with Crippen LogP contribution < -0.4 is 21.5 Å². The van der Waals surface area contributed by atoms with Crippen LogP contribution in [0.2, 0.25) is 0 Å². The van der Waals surface area contributed by atoms with Gasteiger partial charge >= 0.3 is 0 Å². The Hall–Kier alpha value is -4.16. The number of carbonyl (C=O) groups excluding carboxylic acids is 1. The van der Waals surface area contributed by atoms with Gasteiger partial charge in [0, 0.05) is 49.9 Å². The van der Waals surface area contributed by atoms with Crippen LogP contribution in [0.15, 0.2) is 47.3 Å². The number of ether oxygens (including phenoxy) is 1. The van der Waals surface area contributed by atoms with Crippen molar-refractivity contribution >= 4 is 28.3 Å². The number of fused-ring (bicyclic) bond motifs is 1. The molecule has 1 aliphatic carbocycles. The molecule has 1 amide bonds. The third-order valence-corrected chi connectivity index (χ3v) is 8.92. The van der Waals surface area contributed by atoms with E-state index in [0.717, 1.165) is 73.0 Å². The van der Waals surface area contributed by atoms with Crippen molar-refractivity contribution in [3.05, 3.63) is 76.0 Å². The number of nitrogens with two attached hydrogens (primary N) is 1. The molecule has 10 nitrogen and oxygen atoms in total. The maximum Gasteiger partial charge on any atom is 0.276 e. The molecular weight excluding hydrogens is 544 g/mol. The molecule has 42 heavy (non-hydrogen) atoms. The SMILES string of the molecule is Cc1nc2c(N3C[C@H](N)C4(CC4)C3)c(NC(=O)c3ccc(=O)n(-c4c(F)cccc4F)n3)ccc2n1C1CCOCC1.